The molecule has 1 saturated carbocycles. The lowest BCUT2D eigenvalue weighted by Gasteiger charge is -2.15. The first-order valence-electron chi connectivity index (χ1n) is 8.10. The van der Waals surface area contributed by atoms with Crippen LogP contribution in [0.4, 0.5) is 0 Å². The molecular weight excluding hydrogens is 228 g/mol. The van der Waals surface area contributed by atoms with Crippen molar-refractivity contribution in [2.24, 2.45) is 5.92 Å². The van der Waals surface area contributed by atoms with Crippen molar-refractivity contribution in [3.05, 3.63) is 24.3 Å². The molecule has 0 amide bonds. The first-order valence-corrected chi connectivity index (χ1v) is 8.10. The quantitative estimate of drug-likeness (QED) is 0.394. The molecule has 19 heavy (non-hydrogen) atoms. The van der Waals surface area contributed by atoms with Crippen molar-refractivity contribution >= 4 is 0 Å². The second kappa shape index (κ2) is 26.1. The van der Waals surface area contributed by atoms with Gasteiger partial charge in [-0.15, -0.1) is 13.2 Å². The summed E-state index contributed by atoms with van der Waals surface area (Å²) in [6, 6.07) is 0. The van der Waals surface area contributed by atoms with Gasteiger partial charge in [-0.2, -0.15) is 0 Å². The van der Waals surface area contributed by atoms with E-state index in [-0.39, 0.29) is 0 Å². The molecule has 0 atom stereocenters. The van der Waals surface area contributed by atoms with Gasteiger partial charge in [0.2, 0.25) is 0 Å². The highest BCUT2D eigenvalue weighted by Gasteiger charge is 2.05. The maximum atomic E-state index is 3.56. The normalized spacial score (nSPS) is 12.7. The molecule has 0 heteroatoms. The smallest absolute Gasteiger partial charge is 0.0443 e. The van der Waals surface area contributed by atoms with Crippen LogP contribution in [-0.2, 0) is 0 Å². The van der Waals surface area contributed by atoms with Gasteiger partial charge in [0, 0.05) is 0 Å². The van der Waals surface area contributed by atoms with Gasteiger partial charge in [0.05, 0.1) is 0 Å². The minimum absolute atomic E-state index is 1.04. The standard InChI is InChI=1S/C7H14.2C4H8.2C2H6/c1-7-5-3-2-4-6-7;2*1-4(2)3;2*1-2/h7H,2-6H2,1H3;2*1H2,2-3H3;2*1-2H3. The summed E-state index contributed by atoms with van der Waals surface area (Å²) in [6.45, 7) is 25.4. The molecule has 0 N–H and O–H groups in total. The Morgan fingerprint density at radius 3 is 1.00 bits per heavy atom. The first-order chi connectivity index (χ1) is 8.86. The Hall–Kier alpha value is -0.520. The molecule has 0 radical (unpaired) electrons. The van der Waals surface area contributed by atoms with Crippen LogP contribution >= 0.6 is 0 Å². The fraction of sp³-hybridized carbons (Fsp3) is 0.789. The minimum Gasteiger partial charge on any atom is -0.100 e. The maximum Gasteiger partial charge on any atom is -0.0443 e. The Morgan fingerprint density at radius 2 is 0.895 bits per heavy atom. The van der Waals surface area contributed by atoms with E-state index in [2.05, 4.69) is 20.1 Å². The summed E-state index contributed by atoms with van der Waals surface area (Å²) in [5.41, 5.74) is 2.33. The van der Waals surface area contributed by atoms with Crippen molar-refractivity contribution in [3.63, 3.8) is 0 Å². The summed E-state index contributed by atoms with van der Waals surface area (Å²) in [5, 5.41) is 0. The molecule has 0 aromatic rings. The van der Waals surface area contributed by atoms with E-state index in [1.165, 1.54) is 43.3 Å². The van der Waals surface area contributed by atoms with Crippen molar-refractivity contribution in [1.29, 1.82) is 0 Å². The van der Waals surface area contributed by atoms with Gasteiger partial charge in [-0.25, -0.2) is 0 Å². The third kappa shape index (κ3) is 74.9. The van der Waals surface area contributed by atoms with Gasteiger partial charge in [0.25, 0.3) is 0 Å². The number of hydrogen-bond donors (Lipinski definition) is 0. The molecule has 0 aromatic carbocycles. The Bertz CT molecular complexity index is 139. The van der Waals surface area contributed by atoms with E-state index >= 15 is 0 Å². The molecule has 0 aliphatic heterocycles. The van der Waals surface area contributed by atoms with Crippen LogP contribution in [0.1, 0.15) is 94.4 Å². The number of hydrogen-bond acceptors (Lipinski definition) is 0. The molecule has 1 aliphatic rings. The van der Waals surface area contributed by atoms with E-state index in [0.29, 0.717) is 0 Å². The van der Waals surface area contributed by atoms with Crippen molar-refractivity contribution < 1.29 is 0 Å². The van der Waals surface area contributed by atoms with Crippen LogP contribution in [0.3, 0.4) is 0 Å². The van der Waals surface area contributed by atoms with Crippen LogP contribution < -0.4 is 0 Å². The summed E-state index contributed by atoms with van der Waals surface area (Å²) in [5.74, 6) is 1.04. The van der Waals surface area contributed by atoms with Gasteiger partial charge in [-0.05, 0) is 33.6 Å². The van der Waals surface area contributed by atoms with E-state index in [1.807, 2.05) is 55.4 Å². The van der Waals surface area contributed by atoms with Gasteiger partial charge in [-0.3, -0.25) is 0 Å². The average molecular weight is 271 g/mol. The van der Waals surface area contributed by atoms with Crippen LogP contribution in [0.2, 0.25) is 0 Å². The fourth-order valence-corrected chi connectivity index (χ4v) is 1.31. The highest BCUT2D eigenvalue weighted by molar-refractivity contribution is 4.79. The molecule has 0 bridgehead atoms. The molecule has 1 fully saturated rings. The maximum absolute atomic E-state index is 3.56. The predicted octanol–water partition coefficient (Wildman–Crippen LogP) is 7.80. The van der Waals surface area contributed by atoms with E-state index in [1.54, 1.807) is 0 Å². The number of allylic oxidation sites excluding steroid dienone is 2. The Kier molecular flexibility index (Phi) is 37.0. The zero-order valence-electron chi connectivity index (χ0n) is 15.5. The van der Waals surface area contributed by atoms with Gasteiger partial charge in [0.15, 0.2) is 0 Å². The Morgan fingerprint density at radius 1 is 0.684 bits per heavy atom. The topological polar surface area (TPSA) is 0 Å². The molecule has 0 heterocycles. The molecule has 0 spiro atoms. The zero-order chi connectivity index (χ0) is 16.3. The summed E-state index contributed by atoms with van der Waals surface area (Å²) < 4.78 is 0. The van der Waals surface area contributed by atoms with Crippen LogP contribution in [-0.4, -0.2) is 0 Å². The number of rotatable bonds is 0. The molecule has 0 unspecified atom stereocenters. The average Bonchev–Trinajstić information content (AvgIpc) is 2.34. The van der Waals surface area contributed by atoms with Crippen LogP contribution in [0.25, 0.3) is 0 Å². The summed E-state index contributed by atoms with van der Waals surface area (Å²) >= 11 is 0. The fourth-order valence-electron chi connectivity index (χ4n) is 1.31. The van der Waals surface area contributed by atoms with Crippen LogP contribution in [0.15, 0.2) is 24.3 Å². The van der Waals surface area contributed by atoms with Crippen molar-refractivity contribution in [3.8, 4) is 0 Å². The van der Waals surface area contributed by atoms with E-state index in [9.17, 15) is 0 Å². The second-order valence-corrected chi connectivity index (χ2v) is 5.16. The molecule has 0 nitrogen and oxygen atoms in total. The van der Waals surface area contributed by atoms with Gasteiger partial charge < -0.3 is 0 Å². The third-order valence-electron chi connectivity index (χ3n) is 1.89. The van der Waals surface area contributed by atoms with Gasteiger partial charge in [0.1, 0.15) is 0 Å². The highest BCUT2D eigenvalue weighted by Crippen LogP contribution is 2.22. The van der Waals surface area contributed by atoms with E-state index in [4.69, 9.17) is 0 Å². The molecule has 1 rings (SSSR count). The minimum atomic E-state index is 1.04. The van der Waals surface area contributed by atoms with Crippen LogP contribution in [0, 0.1) is 5.92 Å². The van der Waals surface area contributed by atoms with Crippen molar-refractivity contribution in [2.45, 2.75) is 94.4 Å². The molecule has 1 aliphatic carbocycles. The first kappa shape index (κ1) is 26.9. The Balaban J connectivity index is -0.0000000826. The highest BCUT2D eigenvalue weighted by atomic mass is 14.1. The zero-order valence-corrected chi connectivity index (χ0v) is 15.5. The lowest BCUT2D eigenvalue weighted by molar-refractivity contribution is 0.385. The van der Waals surface area contributed by atoms with Crippen molar-refractivity contribution in [2.75, 3.05) is 0 Å². The van der Waals surface area contributed by atoms with Gasteiger partial charge >= 0.3 is 0 Å². The summed E-state index contributed by atoms with van der Waals surface area (Å²) in [7, 11) is 0. The Labute approximate surface area is 125 Å². The lowest BCUT2D eigenvalue weighted by Crippen LogP contribution is -1.99. The molecule has 118 valence electrons. The molecule has 0 aromatic heterocycles. The third-order valence-corrected chi connectivity index (χ3v) is 1.89. The molecule has 0 saturated heterocycles. The second-order valence-electron chi connectivity index (χ2n) is 5.16. The summed E-state index contributed by atoms with van der Waals surface area (Å²) in [4.78, 5) is 0. The van der Waals surface area contributed by atoms with E-state index < -0.39 is 0 Å². The largest absolute Gasteiger partial charge is 0.100 e. The van der Waals surface area contributed by atoms with Gasteiger partial charge in [-0.1, -0.05) is 77.9 Å². The summed E-state index contributed by atoms with van der Waals surface area (Å²) in [6.07, 6.45) is 7.44. The molecular formula is C19H42. The van der Waals surface area contributed by atoms with E-state index in [0.717, 1.165) is 5.92 Å². The lowest BCUT2D eigenvalue weighted by atomic mass is 9.91. The SMILES string of the molecule is C=C(C)C.C=C(C)C.CC.CC.CC1CCCCC1. The monoisotopic (exact) mass is 270 g/mol. The van der Waals surface area contributed by atoms with Crippen molar-refractivity contribution in [1.82, 2.24) is 0 Å². The van der Waals surface area contributed by atoms with Crippen LogP contribution in [0.5, 0.6) is 0 Å². The predicted molar refractivity (Wildman–Crippen MR) is 95.9 cm³/mol.